The van der Waals surface area contributed by atoms with Crippen LogP contribution in [0.1, 0.15) is 11.1 Å². The van der Waals surface area contributed by atoms with E-state index in [-0.39, 0.29) is 30.1 Å². The Hall–Kier alpha value is -2.05. The summed E-state index contributed by atoms with van der Waals surface area (Å²) in [7, 11) is 0. The molecule has 3 nitrogen and oxygen atoms in total. The Balaban J connectivity index is 2.01. The summed E-state index contributed by atoms with van der Waals surface area (Å²) < 4.78 is 128. The maximum absolute atomic E-state index is 13.5. The summed E-state index contributed by atoms with van der Waals surface area (Å²) in [5.41, 5.74) is -0.675. The van der Waals surface area contributed by atoms with Crippen molar-refractivity contribution in [3.63, 3.8) is 0 Å². The Kier molecular flexibility index (Phi) is 6.13. The van der Waals surface area contributed by atoms with Crippen LogP contribution in [0, 0.1) is 0 Å². The summed E-state index contributed by atoms with van der Waals surface area (Å²) in [4.78, 5) is 13.2. The van der Waals surface area contributed by atoms with Crippen LogP contribution in [0.15, 0.2) is 24.3 Å². The van der Waals surface area contributed by atoms with Crippen molar-refractivity contribution in [1.82, 2.24) is 9.80 Å². The summed E-state index contributed by atoms with van der Waals surface area (Å²) in [6.45, 7) is -1.62. The third-order valence-electron chi connectivity index (χ3n) is 4.34. The largest absolute Gasteiger partial charge is 0.460 e. The Morgan fingerprint density at radius 1 is 0.862 bits per heavy atom. The Morgan fingerprint density at radius 2 is 1.41 bits per heavy atom. The van der Waals surface area contributed by atoms with E-state index in [0.717, 1.165) is 18.2 Å². The van der Waals surface area contributed by atoms with Gasteiger partial charge in [0.05, 0.1) is 5.56 Å². The van der Waals surface area contributed by atoms with Gasteiger partial charge in [0, 0.05) is 32.7 Å². The van der Waals surface area contributed by atoms with Crippen molar-refractivity contribution in [1.29, 1.82) is 0 Å². The van der Waals surface area contributed by atoms with Crippen molar-refractivity contribution >= 4 is 5.91 Å². The van der Waals surface area contributed by atoms with Crippen LogP contribution < -0.4 is 0 Å². The molecule has 0 aromatic heterocycles. The monoisotopic (exact) mass is 440 g/mol. The van der Waals surface area contributed by atoms with Gasteiger partial charge in [0.1, 0.15) is 0 Å². The summed E-state index contributed by atoms with van der Waals surface area (Å²) in [6, 6.07) is 4.26. The maximum Gasteiger partial charge on any atom is 0.460 e. The third-order valence-corrected chi connectivity index (χ3v) is 4.34. The van der Waals surface area contributed by atoms with Crippen molar-refractivity contribution in [3.05, 3.63) is 35.4 Å². The van der Waals surface area contributed by atoms with Gasteiger partial charge in [0.15, 0.2) is 0 Å². The molecule has 1 amide bonds. The lowest BCUT2D eigenvalue weighted by molar-refractivity contribution is -0.346. The van der Waals surface area contributed by atoms with Gasteiger partial charge in [-0.05, 0) is 11.6 Å². The molecule has 1 aliphatic rings. The van der Waals surface area contributed by atoms with Gasteiger partial charge in [-0.25, -0.2) is 0 Å². The fourth-order valence-electron chi connectivity index (χ4n) is 2.72. The molecule has 0 unspecified atom stereocenters. The first-order chi connectivity index (χ1) is 13.1. The molecule has 0 radical (unpaired) electrons. The molecule has 0 atom stereocenters. The molecule has 0 saturated carbocycles. The minimum atomic E-state index is -6.61. The van der Waals surface area contributed by atoms with E-state index in [0.29, 0.717) is 0 Å². The molecular formula is C16H14F10N2O. The fourth-order valence-corrected chi connectivity index (χ4v) is 2.72. The first-order valence-electron chi connectivity index (χ1n) is 8.07. The van der Waals surface area contributed by atoms with Crippen molar-refractivity contribution in [2.45, 2.75) is 30.7 Å². The highest BCUT2D eigenvalue weighted by molar-refractivity contribution is 5.85. The predicted molar refractivity (Wildman–Crippen MR) is 79.3 cm³/mol. The van der Waals surface area contributed by atoms with Crippen LogP contribution in [0.2, 0.25) is 0 Å². The highest BCUT2D eigenvalue weighted by Crippen LogP contribution is 2.47. The average molecular weight is 440 g/mol. The maximum atomic E-state index is 13.5. The summed E-state index contributed by atoms with van der Waals surface area (Å²) in [5.74, 6) is -15.2. The van der Waals surface area contributed by atoms with Gasteiger partial charge >= 0.3 is 24.2 Å². The first kappa shape index (κ1) is 23.2. The quantitative estimate of drug-likeness (QED) is 0.656. The lowest BCUT2D eigenvalue weighted by Gasteiger charge is -2.37. The molecule has 2 rings (SSSR count). The highest BCUT2D eigenvalue weighted by atomic mass is 19.4. The number of piperazine rings is 1. The minimum Gasteiger partial charge on any atom is -0.335 e. The molecule has 0 N–H and O–H groups in total. The van der Waals surface area contributed by atoms with E-state index in [1.54, 1.807) is 0 Å². The number of alkyl halides is 10. The van der Waals surface area contributed by atoms with E-state index in [1.807, 2.05) is 0 Å². The summed E-state index contributed by atoms with van der Waals surface area (Å²) >= 11 is 0. The molecule has 0 aliphatic carbocycles. The van der Waals surface area contributed by atoms with Crippen LogP contribution in [0.5, 0.6) is 0 Å². The summed E-state index contributed by atoms with van der Waals surface area (Å²) in [6.07, 6.45) is -11.2. The SMILES string of the molecule is O=C(N1CCN(Cc2cccc(C(F)(F)F)c2)CC1)C(F)(F)C(F)(F)C(F)(F)F. The van der Waals surface area contributed by atoms with Crippen LogP contribution in [0.4, 0.5) is 43.9 Å². The molecule has 1 aliphatic heterocycles. The molecular weight excluding hydrogens is 426 g/mol. The molecule has 1 fully saturated rings. The third kappa shape index (κ3) is 4.75. The molecule has 164 valence electrons. The number of carbonyl (C=O) groups is 1. The van der Waals surface area contributed by atoms with Gasteiger partial charge in [0.2, 0.25) is 0 Å². The molecule has 0 bridgehead atoms. The predicted octanol–water partition coefficient (Wildman–Crippen LogP) is 4.18. The first-order valence-corrected chi connectivity index (χ1v) is 8.07. The number of carbonyl (C=O) groups excluding carboxylic acids is 1. The molecule has 1 saturated heterocycles. The Labute approximate surface area is 157 Å². The average Bonchev–Trinajstić information content (AvgIpc) is 2.60. The number of nitrogens with zero attached hydrogens (tertiary/aromatic N) is 2. The van der Waals surface area contributed by atoms with E-state index in [9.17, 15) is 48.7 Å². The van der Waals surface area contributed by atoms with Gasteiger partial charge in [-0.3, -0.25) is 9.69 Å². The zero-order valence-electron chi connectivity index (χ0n) is 14.4. The van der Waals surface area contributed by atoms with Crippen molar-refractivity contribution in [2.75, 3.05) is 26.2 Å². The van der Waals surface area contributed by atoms with E-state index in [4.69, 9.17) is 0 Å². The Bertz CT molecular complexity index is 736. The van der Waals surface area contributed by atoms with Crippen LogP contribution in [-0.2, 0) is 17.5 Å². The van der Waals surface area contributed by atoms with Crippen LogP contribution in [0.25, 0.3) is 0 Å². The number of amides is 1. The van der Waals surface area contributed by atoms with Crippen LogP contribution in [0.3, 0.4) is 0 Å². The van der Waals surface area contributed by atoms with E-state index < -0.39 is 48.8 Å². The van der Waals surface area contributed by atoms with Gasteiger partial charge < -0.3 is 4.90 Å². The normalized spacial score (nSPS) is 17.5. The minimum absolute atomic E-state index is 0.0545. The number of hydrogen-bond acceptors (Lipinski definition) is 2. The molecule has 1 aromatic carbocycles. The molecule has 0 spiro atoms. The Morgan fingerprint density at radius 3 is 1.90 bits per heavy atom. The fraction of sp³-hybridized carbons (Fsp3) is 0.562. The van der Waals surface area contributed by atoms with Gasteiger partial charge in [0.25, 0.3) is 5.91 Å². The van der Waals surface area contributed by atoms with E-state index >= 15 is 0 Å². The second-order valence-corrected chi connectivity index (χ2v) is 6.41. The molecule has 1 heterocycles. The number of halogens is 10. The highest BCUT2D eigenvalue weighted by Gasteiger charge is 2.76. The van der Waals surface area contributed by atoms with Crippen LogP contribution >= 0.6 is 0 Å². The summed E-state index contributed by atoms with van der Waals surface area (Å²) in [5, 5.41) is 0. The van der Waals surface area contributed by atoms with Gasteiger partial charge in [-0.1, -0.05) is 18.2 Å². The second kappa shape index (κ2) is 7.65. The lowest BCUT2D eigenvalue weighted by atomic mass is 10.1. The number of hydrogen-bond donors (Lipinski definition) is 0. The van der Waals surface area contributed by atoms with Crippen LogP contribution in [-0.4, -0.2) is 59.9 Å². The molecule has 13 heteroatoms. The molecule has 29 heavy (non-hydrogen) atoms. The van der Waals surface area contributed by atoms with Crippen molar-refractivity contribution in [2.24, 2.45) is 0 Å². The zero-order chi connectivity index (χ0) is 22.3. The smallest absolute Gasteiger partial charge is 0.335 e. The van der Waals surface area contributed by atoms with E-state index in [2.05, 4.69) is 0 Å². The standard InChI is InChI=1S/C16H14F10N2O/c17-13(18,15(22,23)16(24,25)26)12(29)28-6-4-27(5-7-28)9-10-2-1-3-11(8-10)14(19,20)21/h1-3,8H,4-7,9H2. The molecule has 1 aromatic rings. The van der Waals surface area contributed by atoms with E-state index in [1.165, 1.54) is 11.0 Å². The number of rotatable bonds is 4. The van der Waals surface area contributed by atoms with Crippen molar-refractivity contribution < 1.29 is 48.7 Å². The lowest BCUT2D eigenvalue weighted by Crippen LogP contribution is -2.62. The van der Waals surface area contributed by atoms with Crippen molar-refractivity contribution in [3.8, 4) is 0 Å². The zero-order valence-corrected chi connectivity index (χ0v) is 14.4. The second-order valence-electron chi connectivity index (χ2n) is 6.41. The van der Waals surface area contributed by atoms with Gasteiger partial charge in [-0.15, -0.1) is 0 Å². The number of benzene rings is 1. The topological polar surface area (TPSA) is 23.6 Å². The van der Waals surface area contributed by atoms with Gasteiger partial charge in [-0.2, -0.15) is 43.9 Å².